The summed E-state index contributed by atoms with van der Waals surface area (Å²) in [5, 5.41) is 0. The SMILES string of the molecule is CCCCCCCCCCC(CCCCCCCCCC)CCCC1=NC=C2C=NC=C21. The molecule has 2 aliphatic rings. The van der Waals surface area contributed by atoms with E-state index in [1.165, 1.54) is 145 Å². The van der Waals surface area contributed by atoms with Gasteiger partial charge in [-0.2, -0.15) is 0 Å². The van der Waals surface area contributed by atoms with Gasteiger partial charge in [-0.1, -0.05) is 136 Å². The Kier molecular flexibility index (Phi) is 15.5. The van der Waals surface area contributed by atoms with E-state index in [-0.39, 0.29) is 0 Å². The fourth-order valence-electron chi connectivity index (χ4n) is 5.22. The lowest BCUT2D eigenvalue weighted by Crippen LogP contribution is -2.05. The highest BCUT2D eigenvalue weighted by molar-refractivity contribution is 6.14. The van der Waals surface area contributed by atoms with Gasteiger partial charge in [-0.3, -0.25) is 9.98 Å². The molecule has 2 heterocycles. The molecule has 2 aliphatic heterocycles. The number of allylic oxidation sites excluding steroid dienone is 2. The summed E-state index contributed by atoms with van der Waals surface area (Å²) < 4.78 is 0. The van der Waals surface area contributed by atoms with E-state index in [0.717, 1.165) is 12.3 Å². The molecule has 0 saturated carbocycles. The van der Waals surface area contributed by atoms with Crippen LogP contribution in [0.5, 0.6) is 0 Å². The van der Waals surface area contributed by atoms with Crippen molar-refractivity contribution in [2.75, 3.05) is 0 Å². The first kappa shape index (κ1) is 27.1. The highest BCUT2D eigenvalue weighted by atomic mass is 14.8. The van der Waals surface area contributed by atoms with Crippen molar-refractivity contribution >= 4 is 11.9 Å². The normalized spacial score (nSPS) is 14.8. The number of nitrogens with zero attached hydrogens (tertiary/aromatic N) is 2. The summed E-state index contributed by atoms with van der Waals surface area (Å²) >= 11 is 0. The van der Waals surface area contributed by atoms with Crippen molar-refractivity contribution in [1.82, 2.24) is 0 Å². The van der Waals surface area contributed by atoms with Crippen LogP contribution in [0.15, 0.2) is 33.5 Å². The van der Waals surface area contributed by atoms with Crippen LogP contribution in [0.25, 0.3) is 0 Å². The van der Waals surface area contributed by atoms with Gasteiger partial charge in [0, 0.05) is 35.5 Å². The summed E-state index contributed by atoms with van der Waals surface area (Å²) in [5.74, 6) is 0.929. The van der Waals surface area contributed by atoms with Crippen LogP contribution in [-0.2, 0) is 0 Å². The van der Waals surface area contributed by atoms with Gasteiger partial charge < -0.3 is 0 Å². The third kappa shape index (κ3) is 11.6. The van der Waals surface area contributed by atoms with Gasteiger partial charge in [0.05, 0.1) is 0 Å². The Morgan fingerprint density at radius 3 is 1.66 bits per heavy atom. The first-order valence-electron chi connectivity index (χ1n) is 14.4. The van der Waals surface area contributed by atoms with Crippen molar-refractivity contribution in [3.8, 4) is 0 Å². The molecule has 0 aliphatic carbocycles. The molecule has 0 atom stereocenters. The predicted molar refractivity (Wildman–Crippen MR) is 144 cm³/mol. The van der Waals surface area contributed by atoms with Gasteiger partial charge in [0.2, 0.25) is 0 Å². The lowest BCUT2D eigenvalue weighted by Gasteiger charge is -2.17. The second-order valence-electron chi connectivity index (χ2n) is 10.3. The van der Waals surface area contributed by atoms with E-state index in [4.69, 9.17) is 0 Å². The second kappa shape index (κ2) is 18.3. The van der Waals surface area contributed by atoms with Crippen LogP contribution in [0.1, 0.15) is 149 Å². The zero-order valence-corrected chi connectivity index (χ0v) is 21.6. The Morgan fingerprint density at radius 1 is 0.594 bits per heavy atom. The molecule has 2 rings (SSSR count). The Morgan fingerprint density at radius 2 is 1.09 bits per heavy atom. The largest absolute Gasteiger partial charge is 0.263 e. The van der Waals surface area contributed by atoms with Crippen LogP contribution < -0.4 is 0 Å². The number of hydrogen-bond donors (Lipinski definition) is 0. The Labute approximate surface area is 200 Å². The lowest BCUT2D eigenvalue weighted by molar-refractivity contribution is 0.374. The molecule has 0 aromatic rings. The van der Waals surface area contributed by atoms with E-state index < -0.39 is 0 Å². The van der Waals surface area contributed by atoms with E-state index in [9.17, 15) is 0 Å². The van der Waals surface area contributed by atoms with Crippen molar-refractivity contribution in [3.05, 3.63) is 23.5 Å². The maximum Gasteiger partial charge on any atom is 0.0498 e. The minimum atomic E-state index is 0.929. The number of fused-ring (bicyclic) bond motifs is 1. The minimum absolute atomic E-state index is 0.929. The maximum absolute atomic E-state index is 4.65. The van der Waals surface area contributed by atoms with Crippen molar-refractivity contribution < 1.29 is 0 Å². The third-order valence-corrected chi connectivity index (χ3v) is 7.36. The van der Waals surface area contributed by atoms with Crippen LogP contribution in [0.4, 0.5) is 0 Å². The Balaban J connectivity index is 1.59. The molecule has 0 spiro atoms. The summed E-state index contributed by atoms with van der Waals surface area (Å²) in [7, 11) is 0. The fourth-order valence-corrected chi connectivity index (χ4v) is 5.22. The molecule has 0 aromatic heterocycles. The molecular formula is C30H52N2. The lowest BCUT2D eigenvalue weighted by atomic mass is 9.89. The van der Waals surface area contributed by atoms with Crippen molar-refractivity contribution in [2.24, 2.45) is 15.9 Å². The highest BCUT2D eigenvalue weighted by Crippen LogP contribution is 2.28. The quantitative estimate of drug-likeness (QED) is 0.150. The number of hydrogen-bond acceptors (Lipinski definition) is 2. The highest BCUT2D eigenvalue weighted by Gasteiger charge is 2.19. The van der Waals surface area contributed by atoms with Crippen LogP contribution in [0, 0.1) is 5.92 Å². The van der Waals surface area contributed by atoms with Gasteiger partial charge in [0.1, 0.15) is 0 Å². The molecule has 2 heteroatoms. The maximum atomic E-state index is 4.65. The molecule has 0 bridgehead atoms. The molecule has 2 nitrogen and oxygen atoms in total. The zero-order valence-electron chi connectivity index (χ0n) is 21.6. The number of aliphatic imine (C=N–C) groups is 2. The summed E-state index contributed by atoms with van der Waals surface area (Å²) in [5.41, 5.74) is 3.78. The first-order valence-corrected chi connectivity index (χ1v) is 14.4. The molecule has 0 radical (unpaired) electrons. The van der Waals surface area contributed by atoms with E-state index in [2.05, 4.69) is 23.8 Å². The average molecular weight is 441 g/mol. The first-order chi connectivity index (χ1) is 15.8. The van der Waals surface area contributed by atoms with Crippen molar-refractivity contribution in [3.63, 3.8) is 0 Å². The number of unbranched alkanes of at least 4 members (excludes halogenated alkanes) is 14. The average Bonchev–Trinajstić information content (AvgIpc) is 3.42. The molecule has 0 N–H and O–H groups in total. The van der Waals surface area contributed by atoms with Crippen LogP contribution in [0.3, 0.4) is 0 Å². The van der Waals surface area contributed by atoms with Crippen LogP contribution >= 0.6 is 0 Å². The molecule has 0 fully saturated rings. The van der Waals surface area contributed by atoms with Gasteiger partial charge in [-0.15, -0.1) is 0 Å². The monoisotopic (exact) mass is 440 g/mol. The smallest absolute Gasteiger partial charge is 0.0498 e. The van der Waals surface area contributed by atoms with E-state index in [0.29, 0.717) is 0 Å². The summed E-state index contributed by atoms with van der Waals surface area (Å²) in [6, 6.07) is 0. The predicted octanol–water partition coefficient (Wildman–Crippen LogP) is 10.1. The fraction of sp³-hybridized carbons (Fsp3) is 0.800. The molecule has 0 aromatic carbocycles. The number of rotatable bonds is 22. The van der Waals surface area contributed by atoms with E-state index >= 15 is 0 Å². The van der Waals surface area contributed by atoms with Crippen molar-refractivity contribution in [2.45, 2.75) is 149 Å². The van der Waals surface area contributed by atoms with E-state index in [1.807, 2.05) is 18.6 Å². The van der Waals surface area contributed by atoms with Gasteiger partial charge in [-0.25, -0.2) is 0 Å². The van der Waals surface area contributed by atoms with Crippen LogP contribution in [-0.4, -0.2) is 11.9 Å². The zero-order chi connectivity index (χ0) is 22.7. The van der Waals surface area contributed by atoms with Crippen molar-refractivity contribution in [1.29, 1.82) is 0 Å². The summed E-state index contributed by atoms with van der Waals surface area (Å²) in [6.07, 6.45) is 35.6. The standard InChI is InChI=1S/C30H52N2/c1-3-5-7-9-11-13-15-17-20-27(21-18-16-14-12-10-8-6-4-2)22-19-23-30-29-26-31-24-28(29)25-32-30/h24-27H,3-23H2,1-2H3. The van der Waals surface area contributed by atoms with Gasteiger partial charge >= 0.3 is 0 Å². The van der Waals surface area contributed by atoms with E-state index in [1.54, 1.807) is 0 Å². The Hall–Kier alpha value is -1.18. The topological polar surface area (TPSA) is 24.7 Å². The Bertz CT molecular complexity index is 576. The molecule has 182 valence electrons. The van der Waals surface area contributed by atoms with Crippen LogP contribution in [0.2, 0.25) is 0 Å². The molecular weight excluding hydrogens is 388 g/mol. The molecule has 0 amide bonds. The molecule has 32 heavy (non-hydrogen) atoms. The molecule has 0 saturated heterocycles. The van der Waals surface area contributed by atoms with Gasteiger partial charge in [0.15, 0.2) is 0 Å². The third-order valence-electron chi connectivity index (χ3n) is 7.36. The van der Waals surface area contributed by atoms with Gasteiger partial charge in [0.25, 0.3) is 0 Å². The summed E-state index contributed by atoms with van der Waals surface area (Å²) in [4.78, 5) is 8.93. The molecule has 0 unspecified atom stereocenters. The minimum Gasteiger partial charge on any atom is -0.263 e. The second-order valence-corrected chi connectivity index (χ2v) is 10.3. The van der Waals surface area contributed by atoms with Gasteiger partial charge in [-0.05, 0) is 18.8 Å². The summed E-state index contributed by atoms with van der Waals surface area (Å²) in [6.45, 7) is 4.61.